The van der Waals surface area contributed by atoms with Crippen molar-refractivity contribution in [3.8, 4) is 0 Å². The predicted molar refractivity (Wildman–Crippen MR) is 65.9 cm³/mol. The number of H-pyrrole nitrogens is 1. The maximum atomic E-state index is 12.1. The zero-order valence-corrected chi connectivity index (χ0v) is 10.3. The Morgan fingerprint density at radius 1 is 1.47 bits per heavy atom. The fraction of sp³-hybridized carbons (Fsp3) is 0.615. The number of rotatable bonds is 2. The van der Waals surface area contributed by atoms with Gasteiger partial charge in [0.05, 0.1) is 5.56 Å². The standard InChI is InChI=1S/C13H19N3O/c1-2-15-6-4-13(8-15)9-16(10-13)12(17)11-3-5-14-7-11/h3,5,7,14H,2,4,6,8-10H2,1H3. The maximum absolute atomic E-state index is 12.1. The summed E-state index contributed by atoms with van der Waals surface area (Å²) in [4.78, 5) is 19.5. The molecule has 0 saturated carbocycles. The van der Waals surface area contributed by atoms with Gasteiger partial charge < -0.3 is 14.8 Å². The maximum Gasteiger partial charge on any atom is 0.255 e. The number of carbonyl (C=O) groups excluding carboxylic acids is 1. The van der Waals surface area contributed by atoms with Crippen LogP contribution in [0.5, 0.6) is 0 Å². The molecule has 17 heavy (non-hydrogen) atoms. The third-order valence-electron chi connectivity index (χ3n) is 4.15. The van der Waals surface area contributed by atoms with Crippen LogP contribution in [0.4, 0.5) is 0 Å². The number of aromatic nitrogens is 1. The average molecular weight is 233 g/mol. The molecule has 4 heteroatoms. The monoisotopic (exact) mass is 233 g/mol. The normalized spacial score (nSPS) is 23.0. The molecule has 0 atom stereocenters. The summed E-state index contributed by atoms with van der Waals surface area (Å²) < 4.78 is 0. The molecule has 2 saturated heterocycles. The minimum absolute atomic E-state index is 0.173. The molecule has 1 spiro atoms. The first kappa shape index (κ1) is 10.8. The van der Waals surface area contributed by atoms with Crippen LogP contribution in [0.25, 0.3) is 0 Å². The van der Waals surface area contributed by atoms with E-state index >= 15 is 0 Å². The van der Waals surface area contributed by atoms with Crippen molar-refractivity contribution in [1.29, 1.82) is 0 Å². The van der Waals surface area contributed by atoms with Crippen LogP contribution in [-0.2, 0) is 0 Å². The SMILES string of the molecule is CCN1CCC2(C1)CN(C(=O)c1cc[nH]c1)C2. The van der Waals surface area contributed by atoms with Gasteiger partial charge >= 0.3 is 0 Å². The quantitative estimate of drug-likeness (QED) is 0.833. The second-order valence-electron chi connectivity index (χ2n) is 5.38. The zero-order chi connectivity index (χ0) is 11.9. The summed E-state index contributed by atoms with van der Waals surface area (Å²) in [6.07, 6.45) is 4.83. The summed E-state index contributed by atoms with van der Waals surface area (Å²) in [6, 6.07) is 1.85. The number of carbonyl (C=O) groups is 1. The lowest BCUT2D eigenvalue weighted by atomic mass is 9.79. The van der Waals surface area contributed by atoms with Crippen molar-refractivity contribution < 1.29 is 4.79 Å². The first-order chi connectivity index (χ1) is 8.22. The second-order valence-corrected chi connectivity index (χ2v) is 5.38. The Labute approximate surface area is 102 Å². The lowest BCUT2D eigenvalue weighted by molar-refractivity contribution is 0.0110. The van der Waals surface area contributed by atoms with E-state index in [4.69, 9.17) is 0 Å². The smallest absolute Gasteiger partial charge is 0.255 e. The van der Waals surface area contributed by atoms with Crippen LogP contribution in [0.15, 0.2) is 18.5 Å². The van der Waals surface area contributed by atoms with Gasteiger partial charge in [0.1, 0.15) is 0 Å². The molecule has 3 heterocycles. The number of hydrogen-bond donors (Lipinski definition) is 1. The molecule has 0 unspecified atom stereocenters. The van der Waals surface area contributed by atoms with E-state index in [2.05, 4.69) is 16.8 Å². The van der Waals surface area contributed by atoms with E-state index in [-0.39, 0.29) is 5.91 Å². The molecule has 2 aliphatic heterocycles. The van der Waals surface area contributed by atoms with Gasteiger partial charge in [-0.1, -0.05) is 6.92 Å². The van der Waals surface area contributed by atoms with Crippen molar-refractivity contribution >= 4 is 5.91 Å². The van der Waals surface area contributed by atoms with Crippen LogP contribution >= 0.6 is 0 Å². The van der Waals surface area contributed by atoms with Crippen LogP contribution in [0.1, 0.15) is 23.7 Å². The Morgan fingerprint density at radius 2 is 2.29 bits per heavy atom. The van der Waals surface area contributed by atoms with Gasteiger partial charge in [-0.15, -0.1) is 0 Å². The Hall–Kier alpha value is -1.29. The number of nitrogens with one attached hydrogen (secondary N) is 1. The third-order valence-corrected chi connectivity index (χ3v) is 4.15. The van der Waals surface area contributed by atoms with Crippen molar-refractivity contribution in [1.82, 2.24) is 14.8 Å². The Morgan fingerprint density at radius 3 is 2.88 bits per heavy atom. The fourth-order valence-corrected chi connectivity index (χ4v) is 3.10. The van der Waals surface area contributed by atoms with Crippen molar-refractivity contribution in [2.24, 2.45) is 5.41 Å². The van der Waals surface area contributed by atoms with Crippen LogP contribution in [0.2, 0.25) is 0 Å². The van der Waals surface area contributed by atoms with E-state index in [0.29, 0.717) is 5.41 Å². The minimum atomic E-state index is 0.173. The fourth-order valence-electron chi connectivity index (χ4n) is 3.10. The van der Waals surface area contributed by atoms with E-state index < -0.39 is 0 Å². The van der Waals surface area contributed by atoms with Gasteiger partial charge in [-0.3, -0.25) is 4.79 Å². The highest BCUT2D eigenvalue weighted by atomic mass is 16.2. The van der Waals surface area contributed by atoms with Crippen molar-refractivity contribution in [3.05, 3.63) is 24.0 Å². The summed E-state index contributed by atoms with van der Waals surface area (Å²) >= 11 is 0. The summed E-state index contributed by atoms with van der Waals surface area (Å²) in [7, 11) is 0. The number of likely N-dealkylation sites (tertiary alicyclic amines) is 2. The molecule has 0 bridgehead atoms. The van der Waals surface area contributed by atoms with Crippen molar-refractivity contribution in [2.75, 3.05) is 32.7 Å². The molecular formula is C13H19N3O. The second kappa shape index (κ2) is 3.88. The molecule has 3 rings (SSSR count). The molecule has 1 aromatic rings. The van der Waals surface area contributed by atoms with E-state index in [9.17, 15) is 4.79 Å². The molecule has 2 fully saturated rings. The Kier molecular flexibility index (Phi) is 2.47. The Bertz CT molecular complexity index is 406. The van der Waals surface area contributed by atoms with Gasteiger partial charge in [-0.25, -0.2) is 0 Å². The third kappa shape index (κ3) is 1.76. The predicted octanol–water partition coefficient (Wildman–Crippen LogP) is 1.18. The minimum Gasteiger partial charge on any atom is -0.367 e. The summed E-state index contributed by atoms with van der Waals surface area (Å²) in [6.45, 7) is 7.58. The molecule has 0 aromatic carbocycles. The molecule has 1 N–H and O–H groups in total. The number of amides is 1. The molecular weight excluding hydrogens is 214 g/mol. The molecule has 92 valence electrons. The van der Waals surface area contributed by atoms with Crippen molar-refractivity contribution in [3.63, 3.8) is 0 Å². The van der Waals surface area contributed by atoms with Crippen LogP contribution in [0, 0.1) is 5.41 Å². The molecule has 0 aliphatic carbocycles. The molecule has 0 radical (unpaired) electrons. The number of aromatic amines is 1. The highest BCUT2D eigenvalue weighted by molar-refractivity contribution is 5.94. The lowest BCUT2D eigenvalue weighted by Crippen LogP contribution is -2.59. The highest BCUT2D eigenvalue weighted by Crippen LogP contribution is 2.39. The van der Waals surface area contributed by atoms with Gasteiger partial charge in [0.25, 0.3) is 5.91 Å². The number of hydrogen-bond acceptors (Lipinski definition) is 2. The van der Waals surface area contributed by atoms with Crippen molar-refractivity contribution in [2.45, 2.75) is 13.3 Å². The summed E-state index contributed by atoms with van der Waals surface area (Å²) in [5.74, 6) is 0.173. The van der Waals surface area contributed by atoms with Gasteiger partial charge in [0, 0.05) is 37.4 Å². The lowest BCUT2D eigenvalue weighted by Gasteiger charge is -2.48. The van der Waals surface area contributed by atoms with Gasteiger partial charge in [-0.2, -0.15) is 0 Å². The molecule has 1 aromatic heterocycles. The van der Waals surface area contributed by atoms with Gasteiger partial charge in [0.2, 0.25) is 0 Å². The molecule has 4 nitrogen and oxygen atoms in total. The molecule has 1 amide bonds. The number of nitrogens with zero attached hydrogens (tertiary/aromatic N) is 2. The topological polar surface area (TPSA) is 39.3 Å². The Balaban J connectivity index is 1.60. The largest absolute Gasteiger partial charge is 0.367 e. The van der Waals surface area contributed by atoms with Gasteiger partial charge in [-0.05, 0) is 25.6 Å². The summed E-state index contributed by atoms with van der Waals surface area (Å²) in [5, 5.41) is 0. The first-order valence-corrected chi connectivity index (χ1v) is 6.37. The molecule has 2 aliphatic rings. The van der Waals surface area contributed by atoms with Gasteiger partial charge in [0.15, 0.2) is 0 Å². The van der Waals surface area contributed by atoms with E-state index in [1.54, 1.807) is 12.4 Å². The van der Waals surface area contributed by atoms with E-state index in [1.165, 1.54) is 19.5 Å². The average Bonchev–Trinajstić information content (AvgIpc) is 2.95. The van der Waals surface area contributed by atoms with E-state index in [1.807, 2.05) is 11.0 Å². The zero-order valence-electron chi connectivity index (χ0n) is 10.3. The van der Waals surface area contributed by atoms with Crippen LogP contribution in [-0.4, -0.2) is 53.4 Å². The first-order valence-electron chi connectivity index (χ1n) is 6.37. The van der Waals surface area contributed by atoms with E-state index in [0.717, 1.165) is 25.2 Å². The van der Waals surface area contributed by atoms with Crippen LogP contribution < -0.4 is 0 Å². The van der Waals surface area contributed by atoms with Crippen LogP contribution in [0.3, 0.4) is 0 Å². The highest BCUT2D eigenvalue weighted by Gasteiger charge is 2.48. The summed E-state index contributed by atoms with van der Waals surface area (Å²) in [5.41, 5.74) is 1.19.